The molecule has 0 aliphatic rings. The van der Waals surface area contributed by atoms with Crippen LogP contribution in [0, 0.1) is 10.1 Å². The number of halogens is 1. The lowest BCUT2D eigenvalue weighted by molar-refractivity contribution is -0.385. The van der Waals surface area contributed by atoms with Crippen LogP contribution in [0.5, 0.6) is 0 Å². The normalized spacial score (nSPS) is 10.5. The molecule has 8 heteroatoms. The quantitative estimate of drug-likeness (QED) is 0.547. The maximum atomic E-state index is 10.7. The van der Waals surface area contributed by atoms with E-state index >= 15 is 0 Å². The van der Waals surface area contributed by atoms with E-state index in [-0.39, 0.29) is 10.7 Å². The Labute approximate surface area is 143 Å². The molecule has 0 unspecified atom stereocenters. The van der Waals surface area contributed by atoms with Gasteiger partial charge >= 0.3 is 0 Å². The predicted molar refractivity (Wildman–Crippen MR) is 91.0 cm³/mol. The summed E-state index contributed by atoms with van der Waals surface area (Å²) in [5.41, 5.74) is 1.03. The lowest BCUT2D eigenvalue weighted by Crippen LogP contribution is -2.10. The standard InChI is InChI=1S/C16H14ClN5O2/c17-14-8-13(22(23)24)9-19-16(14)20-10-15-18-6-7-21(15)11-12-4-2-1-3-5-12/h1-9H,10-11H2,(H,19,20). The molecule has 122 valence electrons. The van der Waals surface area contributed by atoms with Gasteiger partial charge in [-0.3, -0.25) is 10.1 Å². The van der Waals surface area contributed by atoms with E-state index in [0.29, 0.717) is 18.9 Å². The minimum atomic E-state index is -0.533. The fourth-order valence-electron chi connectivity index (χ4n) is 2.25. The summed E-state index contributed by atoms with van der Waals surface area (Å²) >= 11 is 6.03. The summed E-state index contributed by atoms with van der Waals surface area (Å²) < 4.78 is 2.02. The Hall–Kier alpha value is -2.93. The Morgan fingerprint density at radius 2 is 2.04 bits per heavy atom. The van der Waals surface area contributed by atoms with E-state index in [2.05, 4.69) is 15.3 Å². The van der Waals surface area contributed by atoms with Gasteiger partial charge in [0.1, 0.15) is 17.8 Å². The first-order chi connectivity index (χ1) is 11.6. The van der Waals surface area contributed by atoms with E-state index in [0.717, 1.165) is 5.82 Å². The zero-order valence-electron chi connectivity index (χ0n) is 12.6. The van der Waals surface area contributed by atoms with E-state index in [1.807, 2.05) is 41.1 Å². The van der Waals surface area contributed by atoms with Gasteiger partial charge in [0.2, 0.25) is 0 Å². The van der Waals surface area contributed by atoms with Gasteiger partial charge in [-0.05, 0) is 5.56 Å². The van der Waals surface area contributed by atoms with Crippen LogP contribution in [0.2, 0.25) is 5.02 Å². The van der Waals surface area contributed by atoms with Crippen LogP contribution in [-0.2, 0) is 13.1 Å². The second-order valence-electron chi connectivity index (χ2n) is 5.09. The summed E-state index contributed by atoms with van der Waals surface area (Å²) in [6, 6.07) is 11.3. The van der Waals surface area contributed by atoms with Crippen LogP contribution >= 0.6 is 11.6 Å². The number of aromatic nitrogens is 3. The number of pyridine rings is 1. The third kappa shape index (κ3) is 3.69. The maximum absolute atomic E-state index is 10.7. The molecule has 1 N–H and O–H groups in total. The van der Waals surface area contributed by atoms with Crippen molar-refractivity contribution in [1.29, 1.82) is 0 Å². The van der Waals surface area contributed by atoms with E-state index in [1.165, 1.54) is 17.8 Å². The van der Waals surface area contributed by atoms with Gasteiger partial charge in [-0.1, -0.05) is 41.9 Å². The number of imidazole rings is 1. The second kappa shape index (κ2) is 7.10. The summed E-state index contributed by atoms with van der Waals surface area (Å²) in [7, 11) is 0. The third-order valence-corrected chi connectivity index (χ3v) is 3.74. The first-order valence-electron chi connectivity index (χ1n) is 7.21. The van der Waals surface area contributed by atoms with Crippen molar-refractivity contribution in [2.24, 2.45) is 0 Å². The van der Waals surface area contributed by atoms with E-state index < -0.39 is 4.92 Å². The summed E-state index contributed by atoms with van der Waals surface area (Å²) in [5.74, 6) is 1.20. The molecule has 1 aromatic carbocycles. The number of hydrogen-bond acceptors (Lipinski definition) is 5. The molecule has 0 bridgehead atoms. The van der Waals surface area contributed by atoms with Gasteiger partial charge in [-0.15, -0.1) is 0 Å². The number of rotatable bonds is 6. The molecule has 0 fully saturated rings. The van der Waals surface area contributed by atoms with Gasteiger partial charge < -0.3 is 9.88 Å². The molecule has 7 nitrogen and oxygen atoms in total. The zero-order chi connectivity index (χ0) is 16.9. The van der Waals surface area contributed by atoms with Crippen molar-refractivity contribution in [2.75, 3.05) is 5.32 Å². The molecule has 0 aliphatic carbocycles. The van der Waals surface area contributed by atoms with Gasteiger partial charge in [0.15, 0.2) is 0 Å². The molecular formula is C16H14ClN5O2. The van der Waals surface area contributed by atoms with Crippen LogP contribution in [0.15, 0.2) is 55.0 Å². The molecule has 0 saturated heterocycles. The van der Waals surface area contributed by atoms with E-state index in [4.69, 9.17) is 11.6 Å². The first-order valence-corrected chi connectivity index (χ1v) is 7.59. The zero-order valence-corrected chi connectivity index (χ0v) is 13.3. The Bertz CT molecular complexity index is 851. The summed E-state index contributed by atoms with van der Waals surface area (Å²) in [6.07, 6.45) is 4.80. The molecule has 3 rings (SSSR count). The SMILES string of the molecule is O=[N+]([O-])c1cnc(NCc2nccn2Cc2ccccc2)c(Cl)c1. The largest absolute Gasteiger partial charge is 0.362 e. The Morgan fingerprint density at radius 1 is 1.25 bits per heavy atom. The van der Waals surface area contributed by atoms with Crippen LogP contribution in [0.3, 0.4) is 0 Å². The first kappa shape index (κ1) is 15.9. The van der Waals surface area contributed by atoms with Crippen molar-refractivity contribution in [1.82, 2.24) is 14.5 Å². The average Bonchev–Trinajstić information content (AvgIpc) is 3.01. The number of anilines is 1. The molecular weight excluding hydrogens is 330 g/mol. The molecule has 0 atom stereocenters. The van der Waals surface area contributed by atoms with Crippen LogP contribution in [-0.4, -0.2) is 19.5 Å². The van der Waals surface area contributed by atoms with Gasteiger partial charge in [0.05, 0.1) is 16.5 Å². The molecule has 0 aliphatic heterocycles. The molecule has 0 spiro atoms. The number of nitrogens with one attached hydrogen (secondary N) is 1. The molecule has 0 radical (unpaired) electrons. The van der Waals surface area contributed by atoms with Crippen LogP contribution in [0.4, 0.5) is 11.5 Å². The Balaban J connectivity index is 1.70. The van der Waals surface area contributed by atoms with Gasteiger partial charge in [0.25, 0.3) is 5.69 Å². The second-order valence-corrected chi connectivity index (χ2v) is 5.50. The average molecular weight is 344 g/mol. The highest BCUT2D eigenvalue weighted by Crippen LogP contribution is 2.24. The van der Waals surface area contributed by atoms with Crippen LogP contribution < -0.4 is 5.32 Å². The van der Waals surface area contributed by atoms with Crippen molar-refractivity contribution in [2.45, 2.75) is 13.1 Å². The van der Waals surface area contributed by atoms with Crippen molar-refractivity contribution in [3.05, 3.63) is 81.5 Å². The highest BCUT2D eigenvalue weighted by molar-refractivity contribution is 6.33. The lowest BCUT2D eigenvalue weighted by atomic mass is 10.2. The van der Waals surface area contributed by atoms with E-state index in [1.54, 1.807) is 6.20 Å². The number of nitrogens with zero attached hydrogens (tertiary/aromatic N) is 4. The fourth-order valence-corrected chi connectivity index (χ4v) is 2.48. The van der Waals surface area contributed by atoms with Gasteiger partial charge in [-0.2, -0.15) is 0 Å². The highest BCUT2D eigenvalue weighted by Gasteiger charge is 2.11. The van der Waals surface area contributed by atoms with Crippen molar-refractivity contribution < 1.29 is 4.92 Å². The van der Waals surface area contributed by atoms with Gasteiger partial charge in [-0.25, -0.2) is 9.97 Å². The summed E-state index contributed by atoms with van der Waals surface area (Å²) in [4.78, 5) is 18.5. The summed E-state index contributed by atoms with van der Waals surface area (Å²) in [6.45, 7) is 1.11. The van der Waals surface area contributed by atoms with Crippen molar-refractivity contribution >= 4 is 23.1 Å². The molecule has 2 heterocycles. The van der Waals surface area contributed by atoms with Crippen molar-refractivity contribution in [3.8, 4) is 0 Å². The molecule has 0 amide bonds. The minimum Gasteiger partial charge on any atom is -0.362 e. The Morgan fingerprint density at radius 3 is 2.75 bits per heavy atom. The molecule has 2 aromatic heterocycles. The maximum Gasteiger partial charge on any atom is 0.289 e. The molecule has 3 aromatic rings. The minimum absolute atomic E-state index is 0.142. The summed E-state index contributed by atoms with van der Waals surface area (Å²) in [5, 5.41) is 14.0. The third-order valence-electron chi connectivity index (χ3n) is 3.45. The fraction of sp³-hybridized carbons (Fsp3) is 0.125. The lowest BCUT2D eigenvalue weighted by Gasteiger charge is -2.10. The molecule has 0 saturated carbocycles. The number of benzene rings is 1. The van der Waals surface area contributed by atoms with Gasteiger partial charge in [0, 0.05) is 25.0 Å². The smallest absolute Gasteiger partial charge is 0.289 e. The van der Waals surface area contributed by atoms with Crippen LogP contribution in [0.25, 0.3) is 0 Å². The van der Waals surface area contributed by atoms with E-state index in [9.17, 15) is 10.1 Å². The highest BCUT2D eigenvalue weighted by atomic mass is 35.5. The number of hydrogen-bond donors (Lipinski definition) is 1. The monoisotopic (exact) mass is 343 g/mol. The Kier molecular flexibility index (Phi) is 4.72. The molecule has 24 heavy (non-hydrogen) atoms. The van der Waals surface area contributed by atoms with Crippen LogP contribution in [0.1, 0.15) is 11.4 Å². The van der Waals surface area contributed by atoms with Crippen molar-refractivity contribution in [3.63, 3.8) is 0 Å². The topological polar surface area (TPSA) is 85.9 Å². The number of nitro groups is 1. The predicted octanol–water partition coefficient (Wildman–Crippen LogP) is 3.50.